The van der Waals surface area contributed by atoms with Crippen molar-refractivity contribution in [2.45, 2.75) is 51.6 Å². The van der Waals surface area contributed by atoms with E-state index >= 15 is 0 Å². The molecule has 0 spiro atoms. The van der Waals surface area contributed by atoms with Crippen molar-refractivity contribution in [2.24, 2.45) is 5.92 Å². The van der Waals surface area contributed by atoms with E-state index in [2.05, 4.69) is 10.6 Å². The van der Waals surface area contributed by atoms with Gasteiger partial charge in [-0.05, 0) is 25.7 Å². The highest BCUT2D eigenvalue weighted by atomic mass is 16.5. The molecule has 0 aromatic carbocycles. The summed E-state index contributed by atoms with van der Waals surface area (Å²) in [7, 11) is 0. The van der Waals surface area contributed by atoms with Crippen molar-refractivity contribution in [3.8, 4) is 0 Å². The smallest absolute Gasteiger partial charge is 0.317 e. The number of hydrogen-bond donors (Lipinski definition) is 2. The topological polar surface area (TPSA) is 70.7 Å². The molecule has 1 saturated heterocycles. The van der Waals surface area contributed by atoms with Crippen molar-refractivity contribution in [2.75, 3.05) is 32.8 Å². The van der Waals surface area contributed by atoms with E-state index in [9.17, 15) is 9.59 Å². The van der Waals surface area contributed by atoms with E-state index in [4.69, 9.17) is 4.74 Å². The van der Waals surface area contributed by atoms with E-state index in [1.807, 2.05) is 6.92 Å². The summed E-state index contributed by atoms with van der Waals surface area (Å²) in [5.41, 5.74) is 0. The average Bonchev–Trinajstić information content (AvgIpc) is 2.52. The number of urea groups is 1. The van der Waals surface area contributed by atoms with Crippen molar-refractivity contribution in [1.82, 2.24) is 15.5 Å². The Hall–Kier alpha value is -1.30. The van der Waals surface area contributed by atoms with Crippen LogP contribution in [0.3, 0.4) is 0 Å². The van der Waals surface area contributed by atoms with Gasteiger partial charge in [-0.25, -0.2) is 4.79 Å². The summed E-state index contributed by atoms with van der Waals surface area (Å²) < 4.78 is 5.41. The van der Waals surface area contributed by atoms with E-state index in [0.29, 0.717) is 45.1 Å². The SMILES string of the molecule is C[C@H]1CN(C(=O)NCCNC(=O)CC2CCCCC2)CCO1. The lowest BCUT2D eigenvalue weighted by molar-refractivity contribution is -0.122. The van der Waals surface area contributed by atoms with Crippen LogP contribution < -0.4 is 10.6 Å². The molecule has 0 aromatic rings. The van der Waals surface area contributed by atoms with Crippen LogP contribution in [0.15, 0.2) is 0 Å². The normalized spacial score (nSPS) is 23.1. The molecule has 6 nitrogen and oxygen atoms in total. The van der Waals surface area contributed by atoms with Gasteiger partial charge in [0.2, 0.25) is 5.91 Å². The Morgan fingerprint density at radius 2 is 1.86 bits per heavy atom. The second kappa shape index (κ2) is 8.98. The standard InChI is InChI=1S/C16H29N3O3/c1-13-12-19(9-10-22-13)16(21)18-8-7-17-15(20)11-14-5-3-2-4-6-14/h13-14H,2-12H2,1H3,(H,17,20)(H,18,21)/t13-/m0/s1. The van der Waals surface area contributed by atoms with E-state index in [-0.39, 0.29) is 18.0 Å². The van der Waals surface area contributed by atoms with Crippen molar-refractivity contribution in [3.63, 3.8) is 0 Å². The summed E-state index contributed by atoms with van der Waals surface area (Å²) >= 11 is 0. The zero-order valence-electron chi connectivity index (χ0n) is 13.6. The summed E-state index contributed by atoms with van der Waals surface area (Å²) in [5.74, 6) is 0.666. The number of rotatable bonds is 5. The summed E-state index contributed by atoms with van der Waals surface area (Å²) in [6.45, 7) is 4.78. The van der Waals surface area contributed by atoms with Crippen LogP contribution in [0.4, 0.5) is 4.79 Å². The van der Waals surface area contributed by atoms with Gasteiger partial charge in [-0.1, -0.05) is 19.3 Å². The maximum atomic E-state index is 12.0. The van der Waals surface area contributed by atoms with E-state index in [1.165, 1.54) is 32.1 Å². The first kappa shape index (κ1) is 17.1. The monoisotopic (exact) mass is 311 g/mol. The molecular formula is C16H29N3O3. The molecule has 1 aliphatic carbocycles. The van der Waals surface area contributed by atoms with Crippen LogP contribution in [-0.4, -0.2) is 55.7 Å². The minimum Gasteiger partial charge on any atom is -0.375 e. The quantitative estimate of drug-likeness (QED) is 0.756. The Bertz CT molecular complexity index is 370. The van der Waals surface area contributed by atoms with E-state index in [0.717, 1.165) is 0 Å². The van der Waals surface area contributed by atoms with Crippen LogP contribution in [0.2, 0.25) is 0 Å². The first-order valence-corrected chi connectivity index (χ1v) is 8.56. The zero-order valence-corrected chi connectivity index (χ0v) is 13.6. The Labute approximate surface area is 132 Å². The van der Waals surface area contributed by atoms with Gasteiger partial charge in [0.15, 0.2) is 0 Å². The van der Waals surface area contributed by atoms with Gasteiger partial charge in [0.05, 0.1) is 12.7 Å². The molecule has 0 aromatic heterocycles. The van der Waals surface area contributed by atoms with Crippen LogP contribution in [0, 0.1) is 5.92 Å². The number of morpholine rings is 1. The fourth-order valence-electron chi connectivity index (χ4n) is 3.21. The number of amides is 3. The van der Waals surface area contributed by atoms with Crippen molar-refractivity contribution >= 4 is 11.9 Å². The Morgan fingerprint density at radius 1 is 1.14 bits per heavy atom. The minimum absolute atomic E-state index is 0.0725. The van der Waals surface area contributed by atoms with Gasteiger partial charge >= 0.3 is 6.03 Å². The van der Waals surface area contributed by atoms with Crippen molar-refractivity contribution < 1.29 is 14.3 Å². The number of hydrogen-bond acceptors (Lipinski definition) is 3. The first-order valence-electron chi connectivity index (χ1n) is 8.56. The lowest BCUT2D eigenvalue weighted by Crippen LogP contribution is -2.50. The van der Waals surface area contributed by atoms with Gasteiger partial charge in [0.1, 0.15) is 0 Å². The molecule has 0 unspecified atom stereocenters. The summed E-state index contributed by atoms with van der Waals surface area (Å²) in [6.07, 6.45) is 6.91. The van der Waals surface area contributed by atoms with Gasteiger partial charge in [-0.3, -0.25) is 4.79 Å². The molecule has 2 rings (SSSR count). The number of nitrogens with zero attached hydrogens (tertiary/aromatic N) is 1. The molecule has 0 radical (unpaired) electrons. The lowest BCUT2D eigenvalue weighted by atomic mass is 9.87. The van der Waals surface area contributed by atoms with Crippen LogP contribution in [0.25, 0.3) is 0 Å². The molecule has 6 heteroatoms. The fourth-order valence-corrected chi connectivity index (χ4v) is 3.21. The molecule has 0 bridgehead atoms. The third kappa shape index (κ3) is 5.83. The molecule has 1 saturated carbocycles. The Kier molecular flexibility index (Phi) is 6.96. The number of carbonyl (C=O) groups excluding carboxylic acids is 2. The second-order valence-corrected chi connectivity index (χ2v) is 6.42. The third-order valence-electron chi connectivity index (χ3n) is 4.45. The zero-order chi connectivity index (χ0) is 15.8. The molecule has 126 valence electrons. The molecule has 1 atom stereocenters. The van der Waals surface area contributed by atoms with Gasteiger partial charge in [0.25, 0.3) is 0 Å². The Morgan fingerprint density at radius 3 is 2.59 bits per heavy atom. The van der Waals surface area contributed by atoms with Gasteiger partial charge in [-0.15, -0.1) is 0 Å². The van der Waals surface area contributed by atoms with Crippen LogP contribution in [0.5, 0.6) is 0 Å². The van der Waals surface area contributed by atoms with E-state index in [1.54, 1.807) is 4.90 Å². The molecule has 2 fully saturated rings. The van der Waals surface area contributed by atoms with Crippen LogP contribution in [-0.2, 0) is 9.53 Å². The van der Waals surface area contributed by atoms with Crippen LogP contribution >= 0.6 is 0 Å². The maximum absolute atomic E-state index is 12.0. The van der Waals surface area contributed by atoms with Gasteiger partial charge in [-0.2, -0.15) is 0 Å². The predicted molar refractivity (Wildman–Crippen MR) is 84.6 cm³/mol. The molecule has 2 aliphatic rings. The molecule has 3 amide bonds. The summed E-state index contributed by atoms with van der Waals surface area (Å²) in [4.78, 5) is 25.6. The summed E-state index contributed by atoms with van der Waals surface area (Å²) in [5, 5.41) is 5.75. The molecule has 22 heavy (non-hydrogen) atoms. The van der Waals surface area contributed by atoms with Gasteiger partial charge < -0.3 is 20.3 Å². The highest BCUT2D eigenvalue weighted by molar-refractivity contribution is 5.76. The second-order valence-electron chi connectivity index (χ2n) is 6.42. The van der Waals surface area contributed by atoms with Crippen LogP contribution in [0.1, 0.15) is 45.4 Å². The average molecular weight is 311 g/mol. The highest BCUT2D eigenvalue weighted by Gasteiger charge is 2.21. The number of carbonyl (C=O) groups is 2. The van der Waals surface area contributed by atoms with Crippen molar-refractivity contribution in [3.05, 3.63) is 0 Å². The molecule has 1 aliphatic heterocycles. The van der Waals surface area contributed by atoms with Gasteiger partial charge in [0, 0.05) is 32.6 Å². The third-order valence-corrected chi connectivity index (χ3v) is 4.45. The highest BCUT2D eigenvalue weighted by Crippen LogP contribution is 2.25. The first-order chi connectivity index (χ1) is 10.6. The molecule has 2 N–H and O–H groups in total. The maximum Gasteiger partial charge on any atom is 0.317 e. The number of nitrogens with one attached hydrogen (secondary N) is 2. The Balaban J connectivity index is 1.54. The summed E-state index contributed by atoms with van der Waals surface area (Å²) in [6, 6.07) is -0.0725. The number of ether oxygens (including phenoxy) is 1. The largest absolute Gasteiger partial charge is 0.375 e. The van der Waals surface area contributed by atoms with E-state index < -0.39 is 0 Å². The predicted octanol–water partition coefficient (Wildman–Crippen LogP) is 1.50. The fraction of sp³-hybridized carbons (Fsp3) is 0.875. The molecular weight excluding hydrogens is 282 g/mol. The molecule has 1 heterocycles. The van der Waals surface area contributed by atoms with Crippen molar-refractivity contribution in [1.29, 1.82) is 0 Å². The minimum atomic E-state index is -0.0725. The lowest BCUT2D eigenvalue weighted by Gasteiger charge is -2.31.